The summed E-state index contributed by atoms with van der Waals surface area (Å²) in [7, 11) is 0. The molecule has 1 N–H and O–H groups in total. The normalized spacial score (nSPS) is 10.4. The van der Waals surface area contributed by atoms with Crippen LogP contribution in [0.15, 0.2) is 29.4 Å². The monoisotopic (exact) mass is 248 g/mol. The SMILES string of the molecule is CCNc1c(N=O)c(C)nn1-c1ccc(F)cc1. The summed E-state index contributed by atoms with van der Waals surface area (Å²) < 4.78 is 14.4. The van der Waals surface area contributed by atoms with E-state index in [2.05, 4.69) is 15.6 Å². The third-order valence-electron chi connectivity index (χ3n) is 2.54. The first-order valence-corrected chi connectivity index (χ1v) is 5.60. The van der Waals surface area contributed by atoms with Gasteiger partial charge >= 0.3 is 0 Å². The number of nitrogens with zero attached hydrogens (tertiary/aromatic N) is 3. The highest BCUT2D eigenvalue weighted by Gasteiger charge is 2.16. The molecule has 5 nitrogen and oxygen atoms in total. The molecule has 2 rings (SSSR count). The van der Waals surface area contributed by atoms with Crippen molar-refractivity contribution in [3.63, 3.8) is 0 Å². The molecule has 0 saturated heterocycles. The molecule has 0 bridgehead atoms. The van der Waals surface area contributed by atoms with Crippen molar-refractivity contribution in [3.8, 4) is 5.69 Å². The van der Waals surface area contributed by atoms with Crippen molar-refractivity contribution in [3.05, 3.63) is 40.7 Å². The molecular weight excluding hydrogens is 235 g/mol. The Morgan fingerprint density at radius 2 is 2.06 bits per heavy atom. The van der Waals surface area contributed by atoms with Crippen LogP contribution in [0.4, 0.5) is 15.9 Å². The number of aryl methyl sites for hydroxylation is 1. The molecule has 2 aromatic rings. The van der Waals surface area contributed by atoms with E-state index in [0.717, 1.165) is 0 Å². The molecule has 0 aliphatic heterocycles. The summed E-state index contributed by atoms with van der Waals surface area (Å²) in [5.74, 6) is 0.206. The fourth-order valence-corrected chi connectivity index (χ4v) is 1.72. The smallest absolute Gasteiger partial charge is 0.173 e. The van der Waals surface area contributed by atoms with Crippen molar-refractivity contribution >= 4 is 11.5 Å². The Bertz CT molecular complexity index is 562. The minimum Gasteiger partial charge on any atom is -0.368 e. The first kappa shape index (κ1) is 12.2. The lowest BCUT2D eigenvalue weighted by Gasteiger charge is -2.08. The zero-order valence-electron chi connectivity index (χ0n) is 10.1. The molecule has 1 aromatic heterocycles. The Balaban J connectivity index is 2.56. The first-order chi connectivity index (χ1) is 8.67. The van der Waals surface area contributed by atoms with Crippen LogP contribution in [-0.2, 0) is 0 Å². The standard InChI is InChI=1S/C12H13FN4O/c1-3-14-12-11(16-18)8(2)15-17(12)10-6-4-9(13)5-7-10/h4-7,14H,3H2,1-2H3. The molecule has 0 atom stereocenters. The van der Waals surface area contributed by atoms with E-state index in [0.29, 0.717) is 23.7 Å². The zero-order chi connectivity index (χ0) is 13.1. The van der Waals surface area contributed by atoms with E-state index >= 15 is 0 Å². The van der Waals surface area contributed by atoms with Gasteiger partial charge < -0.3 is 5.32 Å². The minimum absolute atomic E-state index is 0.279. The summed E-state index contributed by atoms with van der Waals surface area (Å²) in [6.07, 6.45) is 0. The third kappa shape index (κ3) is 2.09. The number of nitroso groups, excluding NO2 is 1. The maximum atomic E-state index is 12.9. The highest BCUT2D eigenvalue weighted by Crippen LogP contribution is 2.30. The van der Waals surface area contributed by atoms with E-state index in [1.807, 2.05) is 6.92 Å². The van der Waals surface area contributed by atoms with Crippen molar-refractivity contribution in [1.82, 2.24) is 9.78 Å². The Labute approximate surface area is 104 Å². The predicted octanol–water partition coefficient (Wildman–Crippen LogP) is 3.15. The topological polar surface area (TPSA) is 59.3 Å². The molecule has 0 aliphatic carbocycles. The minimum atomic E-state index is -0.318. The Morgan fingerprint density at radius 3 is 2.61 bits per heavy atom. The van der Waals surface area contributed by atoms with Crippen LogP contribution < -0.4 is 5.32 Å². The molecule has 0 aliphatic rings. The Morgan fingerprint density at radius 1 is 1.39 bits per heavy atom. The highest BCUT2D eigenvalue weighted by atomic mass is 19.1. The van der Waals surface area contributed by atoms with Crippen LogP contribution in [0.2, 0.25) is 0 Å². The molecule has 0 radical (unpaired) electrons. The molecule has 18 heavy (non-hydrogen) atoms. The average molecular weight is 248 g/mol. The van der Waals surface area contributed by atoms with Gasteiger partial charge in [0.2, 0.25) is 0 Å². The van der Waals surface area contributed by atoms with Crippen molar-refractivity contribution in [2.75, 3.05) is 11.9 Å². The molecule has 0 fully saturated rings. The van der Waals surface area contributed by atoms with Gasteiger partial charge in [-0.3, -0.25) is 0 Å². The average Bonchev–Trinajstić information content (AvgIpc) is 2.67. The molecule has 0 spiro atoms. The molecule has 0 saturated carbocycles. The van der Waals surface area contributed by atoms with Gasteiger partial charge in [-0.25, -0.2) is 9.07 Å². The van der Waals surface area contributed by atoms with Crippen molar-refractivity contribution in [2.45, 2.75) is 13.8 Å². The van der Waals surface area contributed by atoms with Crippen LogP contribution >= 0.6 is 0 Å². The lowest BCUT2D eigenvalue weighted by atomic mass is 10.3. The number of aromatic nitrogens is 2. The van der Waals surface area contributed by atoms with Gasteiger partial charge in [0.05, 0.1) is 11.4 Å². The largest absolute Gasteiger partial charge is 0.368 e. The van der Waals surface area contributed by atoms with Crippen molar-refractivity contribution < 1.29 is 4.39 Å². The number of hydrogen-bond donors (Lipinski definition) is 1. The molecule has 0 amide bonds. The predicted molar refractivity (Wildman–Crippen MR) is 67.9 cm³/mol. The third-order valence-corrected chi connectivity index (χ3v) is 2.54. The number of rotatable bonds is 4. The summed E-state index contributed by atoms with van der Waals surface area (Å²) in [5.41, 5.74) is 1.48. The fraction of sp³-hybridized carbons (Fsp3) is 0.250. The maximum Gasteiger partial charge on any atom is 0.173 e. The van der Waals surface area contributed by atoms with E-state index in [1.54, 1.807) is 23.7 Å². The molecule has 1 heterocycles. The summed E-state index contributed by atoms with van der Waals surface area (Å²) in [5, 5.41) is 10.3. The van der Waals surface area contributed by atoms with Gasteiger partial charge in [0.1, 0.15) is 5.82 Å². The quantitative estimate of drug-likeness (QED) is 0.845. The van der Waals surface area contributed by atoms with Gasteiger partial charge in [-0.15, -0.1) is 4.91 Å². The van der Waals surface area contributed by atoms with Gasteiger partial charge in [0.15, 0.2) is 11.5 Å². The molecule has 1 aromatic carbocycles. The second-order valence-electron chi connectivity index (χ2n) is 3.79. The van der Waals surface area contributed by atoms with E-state index in [-0.39, 0.29) is 11.5 Å². The molecular formula is C12H13FN4O. The van der Waals surface area contributed by atoms with E-state index in [1.165, 1.54) is 12.1 Å². The summed E-state index contributed by atoms with van der Waals surface area (Å²) >= 11 is 0. The second-order valence-corrected chi connectivity index (χ2v) is 3.79. The van der Waals surface area contributed by atoms with Crippen LogP contribution in [0, 0.1) is 17.6 Å². The van der Waals surface area contributed by atoms with Gasteiger partial charge in [-0.1, -0.05) is 0 Å². The fourth-order valence-electron chi connectivity index (χ4n) is 1.72. The number of halogens is 1. The van der Waals surface area contributed by atoms with E-state index in [9.17, 15) is 9.30 Å². The van der Waals surface area contributed by atoms with Crippen LogP contribution in [0.25, 0.3) is 5.69 Å². The summed E-state index contributed by atoms with van der Waals surface area (Å²) in [6.45, 7) is 4.25. The van der Waals surface area contributed by atoms with Crippen molar-refractivity contribution in [2.24, 2.45) is 5.18 Å². The molecule has 6 heteroatoms. The van der Waals surface area contributed by atoms with Crippen LogP contribution in [0.3, 0.4) is 0 Å². The summed E-state index contributed by atoms with van der Waals surface area (Å²) in [6, 6.07) is 5.88. The number of nitrogens with one attached hydrogen (secondary N) is 1. The first-order valence-electron chi connectivity index (χ1n) is 5.60. The highest BCUT2D eigenvalue weighted by molar-refractivity contribution is 5.66. The number of anilines is 1. The van der Waals surface area contributed by atoms with Crippen molar-refractivity contribution in [1.29, 1.82) is 0 Å². The Hall–Kier alpha value is -2.24. The maximum absolute atomic E-state index is 12.9. The van der Waals surface area contributed by atoms with Crippen LogP contribution in [-0.4, -0.2) is 16.3 Å². The zero-order valence-corrected chi connectivity index (χ0v) is 10.1. The van der Waals surface area contributed by atoms with Gasteiger partial charge in [-0.05, 0) is 43.3 Å². The van der Waals surface area contributed by atoms with Gasteiger partial charge in [0.25, 0.3) is 0 Å². The summed E-state index contributed by atoms with van der Waals surface area (Å²) in [4.78, 5) is 10.8. The molecule has 0 unspecified atom stereocenters. The lowest BCUT2D eigenvalue weighted by molar-refractivity contribution is 0.627. The van der Waals surface area contributed by atoms with E-state index < -0.39 is 0 Å². The van der Waals surface area contributed by atoms with Gasteiger partial charge in [0, 0.05) is 6.54 Å². The lowest BCUT2D eigenvalue weighted by Crippen LogP contribution is -2.05. The van der Waals surface area contributed by atoms with Gasteiger partial charge in [-0.2, -0.15) is 5.10 Å². The molecule has 94 valence electrons. The Kier molecular flexibility index (Phi) is 3.36. The second kappa shape index (κ2) is 4.95. The van der Waals surface area contributed by atoms with E-state index in [4.69, 9.17) is 0 Å². The van der Waals surface area contributed by atoms with Crippen LogP contribution in [0.1, 0.15) is 12.6 Å². The number of benzene rings is 1. The van der Waals surface area contributed by atoms with Crippen LogP contribution in [0.5, 0.6) is 0 Å². The number of hydrogen-bond acceptors (Lipinski definition) is 4.